The number of nitrogens with one attached hydrogen (secondary N) is 2. The fraction of sp³-hybridized carbons (Fsp3) is 0.604. The zero-order chi connectivity index (χ0) is 45.7. The van der Waals surface area contributed by atoms with Crippen molar-refractivity contribution in [1.82, 2.24) is 30.3 Å². The number of likely N-dealkylation sites (N-methyl/N-ethyl adjacent to an activating group) is 2. The number of rotatable bonds is 23. The standard InChI is InChI=1S/C48H72N6O7S/c1-12-32(6)43(53(9)48(59)41(30(2)3)51-46(58)42(31(4)5)52(8)29-35-20-22-36(55)23-21-35)39(60-10)28-40(56)54-25-16-19-38(54)44(61-11)33(7)45(57)50-37(47-49-24-26-62-47)27-34-17-14-13-15-18-34/h13-15,17-18,20-24,26,30-33,37-39,41-44,55H,12,16,19,25,27-29H2,1-11H3,(H,50,57)(H,51,58)/t32-,33+,37-,38-,39+,41-,42?,43-,44+/m0/s1. The maximum atomic E-state index is 14.6. The van der Waals surface area contributed by atoms with Crippen LogP contribution in [-0.4, -0.2) is 120 Å². The SMILES string of the molecule is CC[C@H](C)[C@@H]([C@@H](CC(=O)N1CCC[C@H]1[C@H](OC)[C@@H](C)C(=O)N[C@@H](Cc1ccccc1)c1nccs1)OC)N(C)C(=O)[C@@H](NC(=O)C(C(C)C)N(C)Cc1ccc(O)cc1)C(C)C. The van der Waals surface area contributed by atoms with Gasteiger partial charge >= 0.3 is 0 Å². The highest BCUT2D eigenvalue weighted by Gasteiger charge is 2.43. The summed E-state index contributed by atoms with van der Waals surface area (Å²) in [7, 11) is 6.79. The molecule has 1 unspecified atom stereocenters. The Morgan fingerprint density at radius 1 is 0.903 bits per heavy atom. The van der Waals surface area contributed by atoms with Crippen molar-refractivity contribution in [2.45, 2.75) is 130 Å². The molecule has 3 N–H and O–H groups in total. The van der Waals surface area contributed by atoms with Gasteiger partial charge in [0.25, 0.3) is 0 Å². The summed E-state index contributed by atoms with van der Waals surface area (Å²) in [4.78, 5) is 67.0. The predicted octanol–water partition coefficient (Wildman–Crippen LogP) is 6.47. The zero-order valence-corrected chi connectivity index (χ0v) is 39.6. The van der Waals surface area contributed by atoms with Gasteiger partial charge in [0, 0.05) is 45.9 Å². The number of aromatic nitrogens is 1. The molecule has 0 saturated carbocycles. The van der Waals surface area contributed by atoms with Gasteiger partial charge in [-0.25, -0.2) is 4.98 Å². The number of thiazole rings is 1. The number of benzene rings is 2. The predicted molar refractivity (Wildman–Crippen MR) is 244 cm³/mol. The van der Waals surface area contributed by atoms with Crippen LogP contribution in [0.4, 0.5) is 0 Å². The maximum Gasteiger partial charge on any atom is 0.245 e. The minimum Gasteiger partial charge on any atom is -0.508 e. The van der Waals surface area contributed by atoms with E-state index in [4.69, 9.17) is 9.47 Å². The molecule has 0 radical (unpaired) electrons. The van der Waals surface area contributed by atoms with Crippen molar-refractivity contribution >= 4 is 35.0 Å². The average Bonchev–Trinajstić information content (AvgIpc) is 3.97. The van der Waals surface area contributed by atoms with E-state index in [1.54, 1.807) is 44.5 Å². The van der Waals surface area contributed by atoms with Crippen LogP contribution in [-0.2, 0) is 41.6 Å². The quantitative estimate of drug-likeness (QED) is 0.0974. The third-order valence-corrected chi connectivity index (χ3v) is 13.5. The molecule has 3 aromatic rings. The van der Waals surface area contributed by atoms with Crippen LogP contribution >= 0.6 is 11.3 Å². The Labute approximate surface area is 373 Å². The fourth-order valence-electron chi connectivity index (χ4n) is 9.04. The lowest BCUT2D eigenvalue weighted by Crippen LogP contribution is -2.60. The van der Waals surface area contributed by atoms with Crippen molar-refractivity contribution in [3.8, 4) is 5.75 Å². The van der Waals surface area contributed by atoms with Gasteiger partial charge in [-0.1, -0.05) is 97.4 Å². The van der Waals surface area contributed by atoms with Crippen LogP contribution < -0.4 is 10.6 Å². The topological polar surface area (TPSA) is 154 Å². The molecular weight excluding hydrogens is 805 g/mol. The molecule has 4 rings (SSSR count). The van der Waals surface area contributed by atoms with Gasteiger partial charge in [0.15, 0.2) is 0 Å². The molecule has 1 aromatic heterocycles. The molecule has 2 heterocycles. The Kier molecular flexibility index (Phi) is 19.4. The largest absolute Gasteiger partial charge is 0.508 e. The smallest absolute Gasteiger partial charge is 0.245 e. The second-order valence-corrected chi connectivity index (χ2v) is 18.6. The number of nitrogens with zero attached hydrogens (tertiary/aromatic N) is 4. The first-order valence-corrected chi connectivity index (χ1v) is 23.0. The van der Waals surface area contributed by atoms with E-state index in [0.29, 0.717) is 25.9 Å². The van der Waals surface area contributed by atoms with Gasteiger partial charge in [-0.2, -0.15) is 0 Å². The highest BCUT2D eigenvalue weighted by molar-refractivity contribution is 7.09. The maximum absolute atomic E-state index is 14.6. The number of amides is 4. The van der Waals surface area contributed by atoms with Crippen molar-refractivity contribution in [1.29, 1.82) is 0 Å². The summed E-state index contributed by atoms with van der Waals surface area (Å²) in [5, 5.41) is 18.8. The number of methoxy groups -OCH3 is 2. The Morgan fingerprint density at radius 2 is 1.58 bits per heavy atom. The Hall–Kier alpha value is -4.37. The number of phenolic OH excluding ortho intramolecular Hbond substituents is 1. The number of phenols is 1. The van der Waals surface area contributed by atoms with E-state index in [-0.39, 0.29) is 65.6 Å². The first kappa shape index (κ1) is 50.3. The summed E-state index contributed by atoms with van der Waals surface area (Å²) in [6.07, 6.45) is 3.33. The molecule has 1 fully saturated rings. The molecule has 2 aromatic carbocycles. The first-order valence-electron chi connectivity index (χ1n) is 22.2. The van der Waals surface area contributed by atoms with Crippen LogP contribution in [0.15, 0.2) is 66.2 Å². The van der Waals surface area contributed by atoms with E-state index in [0.717, 1.165) is 29.0 Å². The van der Waals surface area contributed by atoms with Crippen molar-refractivity contribution in [2.75, 3.05) is 34.9 Å². The summed E-state index contributed by atoms with van der Waals surface area (Å²) in [5.41, 5.74) is 2.03. The number of hydrogen-bond acceptors (Lipinski definition) is 10. The van der Waals surface area contributed by atoms with Crippen molar-refractivity contribution in [2.24, 2.45) is 23.7 Å². The Balaban J connectivity index is 1.48. The lowest BCUT2D eigenvalue weighted by atomic mass is 9.89. The van der Waals surface area contributed by atoms with Crippen LogP contribution in [0.2, 0.25) is 0 Å². The van der Waals surface area contributed by atoms with Crippen LogP contribution in [0, 0.1) is 23.7 Å². The molecule has 0 aliphatic carbocycles. The first-order chi connectivity index (χ1) is 29.5. The monoisotopic (exact) mass is 877 g/mol. The minimum atomic E-state index is -0.823. The second-order valence-electron chi connectivity index (χ2n) is 17.7. The lowest BCUT2D eigenvalue weighted by molar-refractivity contribution is -0.148. The summed E-state index contributed by atoms with van der Waals surface area (Å²) in [6.45, 7) is 14.8. The number of ether oxygens (including phenoxy) is 2. The van der Waals surface area contributed by atoms with E-state index in [1.807, 2.05) is 99.3 Å². The average molecular weight is 877 g/mol. The third kappa shape index (κ3) is 13.1. The third-order valence-electron chi connectivity index (χ3n) is 12.6. The number of carbonyl (C=O) groups excluding carboxylic acids is 4. The molecule has 62 heavy (non-hydrogen) atoms. The molecule has 9 atom stereocenters. The lowest BCUT2D eigenvalue weighted by Gasteiger charge is -2.41. The van der Waals surface area contributed by atoms with E-state index < -0.39 is 36.3 Å². The molecule has 13 nitrogen and oxygen atoms in total. The summed E-state index contributed by atoms with van der Waals surface area (Å²) < 4.78 is 12.2. The van der Waals surface area contributed by atoms with Crippen LogP contribution in [0.25, 0.3) is 0 Å². The van der Waals surface area contributed by atoms with E-state index in [9.17, 15) is 24.3 Å². The zero-order valence-electron chi connectivity index (χ0n) is 38.7. The molecule has 4 amide bonds. The highest BCUT2D eigenvalue weighted by atomic mass is 32.1. The summed E-state index contributed by atoms with van der Waals surface area (Å²) in [6, 6.07) is 14.4. The number of hydrogen-bond donors (Lipinski definition) is 3. The van der Waals surface area contributed by atoms with Crippen molar-refractivity contribution in [3.05, 3.63) is 82.3 Å². The molecule has 342 valence electrons. The van der Waals surface area contributed by atoms with E-state index in [1.165, 1.54) is 11.3 Å². The van der Waals surface area contributed by atoms with Gasteiger partial charge in [-0.3, -0.25) is 24.1 Å². The fourth-order valence-corrected chi connectivity index (χ4v) is 9.73. The van der Waals surface area contributed by atoms with Crippen LogP contribution in [0.1, 0.15) is 96.3 Å². The molecular formula is C48H72N6O7S. The summed E-state index contributed by atoms with van der Waals surface area (Å²) in [5.74, 6) is -1.52. The van der Waals surface area contributed by atoms with Crippen LogP contribution in [0.3, 0.4) is 0 Å². The minimum absolute atomic E-state index is 0.0238. The van der Waals surface area contributed by atoms with Gasteiger partial charge in [0.2, 0.25) is 23.6 Å². The molecule has 1 aliphatic rings. The molecule has 0 bridgehead atoms. The number of aromatic hydroxyl groups is 1. The number of carbonyl (C=O) groups is 4. The second kappa shape index (κ2) is 23.9. The van der Waals surface area contributed by atoms with E-state index >= 15 is 0 Å². The Bertz CT molecular complexity index is 1850. The molecule has 14 heteroatoms. The Morgan fingerprint density at radius 3 is 2.15 bits per heavy atom. The van der Waals surface area contributed by atoms with Gasteiger partial charge in [0.1, 0.15) is 16.8 Å². The molecule has 1 aliphatic heterocycles. The molecule has 0 spiro atoms. The highest BCUT2D eigenvalue weighted by Crippen LogP contribution is 2.31. The van der Waals surface area contributed by atoms with Gasteiger partial charge in [-0.15, -0.1) is 11.3 Å². The van der Waals surface area contributed by atoms with Gasteiger partial charge < -0.3 is 35.0 Å². The van der Waals surface area contributed by atoms with E-state index in [2.05, 4.69) is 29.5 Å². The van der Waals surface area contributed by atoms with Crippen molar-refractivity contribution in [3.63, 3.8) is 0 Å². The van der Waals surface area contributed by atoms with Gasteiger partial charge in [0.05, 0.1) is 48.7 Å². The van der Waals surface area contributed by atoms with Crippen LogP contribution in [0.5, 0.6) is 5.75 Å². The summed E-state index contributed by atoms with van der Waals surface area (Å²) >= 11 is 1.50. The van der Waals surface area contributed by atoms with Gasteiger partial charge in [-0.05, 0) is 67.3 Å². The van der Waals surface area contributed by atoms with Crippen molar-refractivity contribution < 1.29 is 33.8 Å². The molecule has 1 saturated heterocycles. The number of likely N-dealkylation sites (tertiary alicyclic amines) is 1. The normalized spacial score (nSPS) is 18.2.